The van der Waals surface area contributed by atoms with Crippen molar-refractivity contribution < 1.29 is 4.74 Å². The molecule has 0 fully saturated rings. The average molecular weight is 267 g/mol. The number of aryl methyl sites for hydroxylation is 2. The van der Waals surface area contributed by atoms with Gasteiger partial charge in [-0.1, -0.05) is 12.1 Å². The molecule has 0 saturated carbocycles. The predicted octanol–water partition coefficient (Wildman–Crippen LogP) is 3.11. The fourth-order valence-electron chi connectivity index (χ4n) is 2.33. The van der Waals surface area contributed by atoms with Gasteiger partial charge in [-0.3, -0.25) is 0 Å². The van der Waals surface area contributed by atoms with Crippen molar-refractivity contribution in [2.45, 2.75) is 20.4 Å². The van der Waals surface area contributed by atoms with Gasteiger partial charge in [-0.05, 0) is 43.7 Å². The Labute approximate surface area is 118 Å². The molecule has 3 rings (SSSR count). The van der Waals surface area contributed by atoms with E-state index in [1.807, 2.05) is 32.0 Å². The van der Waals surface area contributed by atoms with E-state index in [1.165, 1.54) is 5.56 Å². The van der Waals surface area contributed by atoms with Crippen LogP contribution in [0.5, 0.6) is 5.75 Å². The Morgan fingerprint density at radius 3 is 2.45 bits per heavy atom. The number of hydrogen-bond donors (Lipinski definition) is 0. The first-order valence-corrected chi connectivity index (χ1v) is 6.61. The molecule has 20 heavy (non-hydrogen) atoms. The molecular formula is C16H17N3O. The monoisotopic (exact) mass is 267 g/mol. The number of rotatable bonds is 3. The van der Waals surface area contributed by atoms with E-state index in [1.54, 1.807) is 7.11 Å². The highest BCUT2D eigenvalue weighted by atomic mass is 16.5. The highest BCUT2D eigenvalue weighted by Crippen LogP contribution is 2.18. The van der Waals surface area contributed by atoms with Crippen molar-refractivity contribution in [1.29, 1.82) is 0 Å². The van der Waals surface area contributed by atoms with Gasteiger partial charge < -0.3 is 9.30 Å². The van der Waals surface area contributed by atoms with E-state index in [0.717, 1.165) is 35.0 Å². The van der Waals surface area contributed by atoms with Crippen LogP contribution in [0.15, 0.2) is 36.4 Å². The van der Waals surface area contributed by atoms with Gasteiger partial charge in [0, 0.05) is 12.2 Å². The molecule has 0 amide bonds. The molecule has 102 valence electrons. The largest absolute Gasteiger partial charge is 0.497 e. The molecule has 0 unspecified atom stereocenters. The second-order valence-corrected chi connectivity index (χ2v) is 4.89. The molecule has 1 aromatic carbocycles. The van der Waals surface area contributed by atoms with Crippen LogP contribution in [0.2, 0.25) is 0 Å². The molecule has 4 heteroatoms. The van der Waals surface area contributed by atoms with Gasteiger partial charge in [-0.25, -0.2) is 9.97 Å². The van der Waals surface area contributed by atoms with Crippen molar-refractivity contribution in [2.24, 2.45) is 0 Å². The zero-order valence-electron chi connectivity index (χ0n) is 11.9. The van der Waals surface area contributed by atoms with Gasteiger partial charge in [0.1, 0.15) is 11.6 Å². The van der Waals surface area contributed by atoms with E-state index in [-0.39, 0.29) is 0 Å². The molecule has 0 aliphatic heterocycles. The van der Waals surface area contributed by atoms with Crippen molar-refractivity contribution in [3.63, 3.8) is 0 Å². The van der Waals surface area contributed by atoms with E-state index < -0.39 is 0 Å². The third kappa shape index (κ3) is 2.25. The maximum absolute atomic E-state index is 5.18. The average Bonchev–Trinajstić information content (AvgIpc) is 2.75. The number of ether oxygens (including phenoxy) is 1. The van der Waals surface area contributed by atoms with Crippen LogP contribution in [0, 0.1) is 13.8 Å². The van der Waals surface area contributed by atoms with Crippen LogP contribution < -0.4 is 4.74 Å². The second-order valence-electron chi connectivity index (χ2n) is 4.89. The topological polar surface area (TPSA) is 39.9 Å². The molecule has 2 heterocycles. The summed E-state index contributed by atoms with van der Waals surface area (Å²) in [6.45, 7) is 4.79. The van der Waals surface area contributed by atoms with Crippen molar-refractivity contribution in [3.8, 4) is 5.75 Å². The number of methoxy groups -OCH3 is 1. The van der Waals surface area contributed by atoms with Crippen molar-refractivity contribution >= 4 is 11.2 Å². The van der Waals surface area contributed by atoms with Gasteiger partial charge in [-0.15, -0.1) is 0 Å². The lowest BCUT2D eigenvalue weighted by molar-refractivity contribution is 0.414. The van der Waals surface area contributed by atoms with Crippen LogP contribution >= 0.6 is 0 Å². The summed E-state index contributed by atoms with van der Waals surface area (Å²) in [5, 5.41) is 0. The maximum atomic E-state index is 5.18. The highest BCUT2D eigenvalue weighted by Gasteiger charge is 2.09. The number of nitrogens with zero attached hydrogens (tertiary/aromatic N) is 3. The number of hydrogen-bond acceptors (Lipinski definition) is 3. The van der Waals surface area contributed by atoms with Crippen molar-refractivity contribution in [2.75, 3.05) is 7.11 Å². The lowest BCUT2D eigenvalue weighted by Crippen LogP contribution is -2.02. The molecule has 0 aliphatic carbocycles. The summed E-state index contributed by atoms with van der Waals surface area (Å²) in [4.78, 5) is 9.01. The van der Waals surface area contributed by atoms with Gasteiger partial charge in [0.15, 0.2) is 5.65 Å². The fraction of sp³-hybridized carbons (Fsp3) is 0.250. The first kappa shape index (κ1) is 12.7. The molecular weight excluding hydrogens is 250 g/mol. The zero-order chi connectivity index (χ0) is 14.1. The fourth-order valence-corrected chi connectivity index (χ4v) is 2.33. The molecule has 0 spiro atoms. The summed E-state index contributed by atoms with van der Waals surface area (Å²) in [5.74, 6) is 1.85. The molecule has 0 saturated heterocycles. The molecule has 0 aliphatic rings. The Morgan fingerprint density at radius 1 is 1.00 bits per heavy atom. The van der Waals surface area contributed by atoms with Gasteiger partial charge in [0.05, 0.1) is 12.6 Å². The van der Waals surface area contributed by atoms with E-state index in [0.29, 0.717) is 0 Å². The zero-order valence-corrected chi connectivity index (χ0v) is 11.9. The SMILES string of the molecule is COc1ccc(Cn2c(C)nc3nc(C)ccc32)cc1. The Hall–Kier alpha value is -2.36. The third-order valence-electron chi connectivity index (χ3n) is 3.44. The standard InChI is InChI=1S/C16H17N3O/c1-11-4-9-15-16(17-11)18-12(2)19(15)10-13-5-7-14(20-3)8-6-13/h4-9H,10H2,1-3H3. The first-order valence-electron chi connectivity index (χ1n) is 6.61. The minimum atomic E-state index is 0.789. The molecule has 3 aromatic rings. The summed E-state index contributed by atoms with van der Waals surface area (Å²) in [6.07, 6.45) is 0. The molecule has 0 radical (unpaired) electrons. The summed E-state index contributed by atoms with van der Waals surface area (Å²) in [7, 11) is 1.68. The van der Waals surface area contributed by atoms with E-state index in [2.05, 4.69) is 32.7 Å². The van der Waals surface area contributed by atoms with Crippen LogP contribution in [0.3, 0.4) is 0 Å². The third-order valence-corrected chi connectivity index (χ3v) is 3.44. The molecule has 4 nitrogen and oxygen atoms in total. The van der Waals surface area contributed by atoms with E-state index in [9.17, 15) is 0 Å². The lowest BCUT2D eigenvalue weighted by atomic mass is 10.2. The van der Waals surface area contributed by atoms with Crippen LogP contribution in [0.1, 0.15) is 17.1 Å². The van der Waals surface area contributed by atoms with Crippen LogP contribution in [0.25, 0.3) is 11.2 Å². The molecule has 0 atom stereocenters. The van der Waals surface area contributed by atoms with E-state index in [4.69, 9.17) is 4.74 Å². The lowest BCUT2D eigenvalue weighted by Gasteiger charge is -2.08. The maximum Gasteiger partial charge on any atom is 0.178 e. The minimum Gasteiger partial charge on any atom is -0.497 e. The predicted molar refractivity (Wildman–Crippen MR) is 79.1 cm³/mol. The Morgan fingerprint density at radius 2 is 1.75 bits per heavy atom. The smallest absolute Gasteiger partial charge is 0.178 e. The van der Waals surface area contributed by atoms with Gasteiger partial charge in [0.2, 0.25) is 0 Å². The normalized spacial score (nSPS) is 10.9. The Balaban J connectivity index is 1.99. The summed E-state index contributed by atoms with van der Waals surface area (Å²) in [6, 6.07) is 12.2. The Kier molecular flexibility index (Phi) is 3.14. The molecule has 0 N–H and O–H groups in total. The van der Waals surface area contributed by atoms with Crippen LogP contribution in [-0.4, -0.2) is 21.6 Å². The number of aromatic nitrogens is 3. The summed E-state index contributed by atoms with van der Waals surface area (Å²) < 4.78 is 7.37. The minimum absolute atomic E-state index is 0.789. The highest BCUT2D eigenvalue weighted by molar-refractivity contribution is 5.72. The van der Waals surface area contributed by atoms with Crippen molar-refractivity contribution in [1.82, 2.24) is 14.5 Å². The van der Waals surface area contributed by atoms with Crippen LogP contribution in [-0.2, 0) is 6.54 Å². The molecule has 2 aromatic heterocycles. The van der Waals surface area contributed by atoms with Gasteiger partial charge >= 0.3 is 0 Å². The number of fused-ring (bicyclic) bond motifs is 1. The van der Waals surface area contributed by atoms with E-state index >= 15 is 0 Å². The van der Waals surface area contributed by atoms with Crippen molar-refractivity contribution in [3.05, 3.63) is 53.5 Å². The second kappa shape index (κ2) is 4.96. The van der Waals surface area contributed by atoms with Gasteiger partial charge in [-0.2, -0.15) is 0 Å². The summed E-state index contributed by atoms with van der Waals surface area (Å²) >= 11 is 0. The Bertz CT molecular complexity index is 744. The summed E-state index contributed by atoms with van der Waals surface area (Å²) in [5.41, 5.74) is 4.10. The number of benzene rings is 1. The number of imidazole rings is 1. The van der Waals surface area contributed by atoms with Gasteiger partial charge in [0.25, 0.3) is 0 Å². The first-order chi connectivity index (χ1) is 9.67. The van der Waals surface area contributed by atoms with Crippen LogP contribution in [0.4, 0.5) is 0 Å². The molecule has 0 bridgehead atoms. The number of pyridine rings is 1. The quantitative estimate of drug-likeness (QED) is 0.732.